The third-order valence-corrected chi connectivity index (χ3v) is 6.58. The van der Waals surface area contributed by atoms with E-state index >= 15 is 0 Å². The molecule has 2 rings (SSSR count). The van der Waals surface area contributed by atoms with Crippen molar-refractivity contribution >= 4 is 27.5 Å². The molecular formula is C25H35N3O4S. The molecule has 0 aliphatic heterocycles. The minimum atomic E-state index is -3.73. The van der Waals surface area contributed by atoms with Crippen LogP contribution in [0.25, 0.3) is 0 Å². The molecule has 0 heterocycles. The number of amides is 2. The van der Waals surface area contributed by atoms with Crippen LogP contribution in [-0.4, -0.2) is 50.5 Å². The monoisotopic (exact) mass is 473 g/mol. The van der Waals surface area contributed by atoms with Gasteiger partial charge in [-0.05, 0) is 36.5 Å². The molecule has 2 amide bonds. The van der Waals surface area contributed by atoms with E-state index in [0.717, 1.165) is 28.1 Å². The minimum Gasteiger partial charge on any atom is -0.354 e. The van der Waals surface area contributed by atoms with Gasteiger partial charge in [0.2, 0.25) is 21.8 Å². The summed E-state index contributed by atoms with van der Waals surface area (Å²) in [6.07, 6.45) is 2.92. The highest BCUT2D eigenvalue weighted by molar-refractivity contribution is 7.92. The summed E-state index contributed by atoms with van der Waals surface area (Å²) in [5, 5.41) is 2.87. The molecule has 7 nitrogen and oxygen atoms in total. The normalized spacial score (nSPS) is 12.1. The molecule has 0 aromatic heterocycles. The lowest BCUT2D eigenvalue weighted by molar-refractivity contribution is -0.140. The Kier molecular flexibility index (Phi) is 9.91. The van der Waals surface area contributed by atoms with Crippen molar-refractivity contribution in [2.45, 2.75) is 52.6 Å². The third kappa shape index (κ3) is 7.32. The molecule has 2 aromatic carbocycles. The van der Waals surface area contributed by atoms with Gasteiger partial charge in [-0.3, -0.25) is 13.9 Å². The number of hydrogen-bond acceptors (Lipinski definition) is 4. The molecule has 180 valence electrons. The Morgan fingerprint density at radius 1 is 0.970 bits per heavy atom. The first-order valence-corrected chi connectivity index (χ1v) is 13.2. The number of para-hydroxylation sites is 1. The van der Waals surface area contributed by atoms with Gasteiger partial charge in [0.05, 0.1) is 11.9 Å². The highest BCUT2D eigenvalue weighted by atomic mass is 32.2. The Bertz CT molecular complexity index is 1020. The number of aryl methyl sites for hydroxylation is 1. The van der Waals surface area contributed by atoms with Crippen molar-refractivity contribution in [2.24, 2.45) is 0 Å². The summed E-state index contributed by atoms with van der Waals surface area (Å²) in [6.45, 7) is 6.10. The number of nitrogens with zero attached hydrogens (tertiary/aromatic N) is 2. The Morgan fingerprint density at radius 2 is 1.61 bits per heavy atom. The van der Waals surface area contributed by atoms with Gasteiger partial charge >= 0.3 is 0 Å². The number of carbonyl (C=O) groups excluding carboxylic acids is 2. The number of hydrogen-bond donors (Lipinski definition) is 1. The number of benzene rings is 2. The van der Waals surface area contributed by atoms with Crippen molar-refractivity contribution in [3.8, 4) is 0 Å². The van der Waals surface area contributed by atoms with Crippen molar-refractivity contribution in [3.63, 3.8) is 0 Å². The van der Waals surface area contributed by atoms with E-state index in [-0.39, 0.29) is 19.0 Å². The molecule has 0 radical (unpaired) electrons. The molecule has 0 saturated carbocycles. The summed E-state index contributed by atoms with van der Waals surface area (Å²) in [5.41, 5.74) is 2.18. The van der Waals surface area contributed by atoms with E-state index in [2.05, 4.69) is 5.32 Å². The van der Waals surface area contributed by atoms with Crippen molar-refractivity contribution in [1.82, 2.24) is 10.2 Å². The lowest BCUT2D eigenvalue weighted by Gasteiger charge is -2.33. The lowest BCUT2D eigenvalue weighted by Crippen LogP contribution is -2.52. The van der Waals surface area contributed by atoms with Gasteiger partial charge in [0.25, 0.3) is 0 Å². The molecular weight excluding hydrogens is 438 g/mol. The molecule has 1 unspecified atom stereocenters. The largest absolute Gasteiger partial charge is 0.354 e. The summed E-state index contributed by atoms with van der Waals surface area (Å²) in [5.74, 6) is -0.655. The molecule has 0 fully saturated rings. The van der Waals surface area contributed by atoms with E-state index in [1.165, 1.54) is 4.90 Å². The van der Waals surface area contributed by atoms with Crippen LogP contribution in [0.15, 0.2) is 54.6 Å². The maximum absolute atomic E-state index is 13.6. The number of carbonyl (C=O) groups is 2. The summed E-state index contributed by atoms with van der Waals surface area (Å²) in [4.78, 5) is 28.0. The van der Waals surface area contributed by atoms with Crippen LogP contribution in [0.3, 0.4) is 0 Å². The fraction of sp³-hybridized carbons (Fsp3) is 0.440. The van der Waals surface area contributed by atoms with Gasteiger partial charge in [-0.15, -0.1) is 0 Å². The van der Waals surface area contributed by atoms with Gasteiger partial charge in [0.1, 0.15) is 12.6 Å². The second kappa shape index (κ2) is 12.4. The highest BCUT2D eigenvalue weighted by Gasteiger charge is 2.32. The van der Waals surface area contributed by atoms with E-state index < -0.39 is 22.0 Å². The molecule has 33 heavy (non-hydrogen) atoms. The molecule has 2 aromatic rings. The van der Waals surface area contributed by atoms with Crippen LogP contribution in [0.1, 0.15) is 44.7 Å². The molecule has 0 bridgehead atoms. The number of nitrogens with one attached hydrogen (secondary N) is 1. The predicted octanol–water partition coefficient (Wildman–Crippen LogP) is 3.35. The molecule has 0 saturated heterocycles. The van der Waals surface area contributed by atoms with E-state index in [9.17, 15) is 18.0 Å². The summed E-state index contributed by atoms with van der Waals surface area (Å²) in [6, 6.07) is 15.9. The molecule has 1 N–H and O–H groups in total. The lowest BCUT2D eigenvalue weighted by atomic mass is 10.1. The van der Waals surface area contributed by atoms with Crippen molar-refractivity contribution in [2.75, 3.05) is 23.7 Å². The molecule has 0 aliphatic carbocycles. The molecule has 1 atom stereocenters. The van der Waals surface area contributed by atoms with Crippen molar-refractivity contribution < 1.29 is 18.0 Å². The van der Waals surface area contributed by atoms with Crippen molar-refractivity contribution in [3.05, 3.63) is 65.7 Å². The average Bonchev–Trinajstić information content (AvgIpc) is 2.80. The Labute approximate surface area is 197 Å². The number of sulfonamides is 1. The first-order chi connectivity index (χ1) is 15.7. The van der Waals surface area contributed by atoms with Gasteiger partial charge in [0, 0.05) is 13.1 Å². The maximum atomic E-state index is 13.6. The van der Waals surface area contributed by atoms with Crippen molar-refractivity contribution in [1.29, 1.82) is 0 Å². The molecule has 0 aliphatic rings. The fourth-order valence-corrected chi connectivity index (χ4v) is 4.59. The van der Waals surface area contributed by atoms with E-state index in [4.69, 9.17) is 0 Å². The van der Waals surface area contributed by atoms with Gasteiger partial charge in [-0.25, -0.2) is 8.42 Å². The van der Waals surface area contributed by atoms with Gasteiger partial charge in [-0.1, -0.05) is 69.3 Å². The molecule has 0 spiro atoms. The standard InChI is InChI=1S/C25H35N3O4S/c1-5-17-26-25(30)22(7-3)27(18-20-13-9-8-10-14-20)24(29)19-28(33(4,31)32)23-16-12-11-15-21(23)6-2/h8-16,22H,5-7,17-19H2,1-4H3,(H,26,30). The van der Waals surface area contributed by atoms with Crippen LogP contribution in [0, 0.1) is 0 Å². The molecule has 8 heteroatoms. The number of anilines is 1. The maximum Gasteiger partial charge on any atom is 0.244 e. The van der Waals surface area contributed by atoms with Crippen LogP contribution in [0.5, 0.6) is 0 Å². The zero-order chi connectivity index (χ0) is 24.4. The summed E-state index contributed by atoms with van der Waals surface area (Å²) >= 11 is 0. The SMILES string of the molecule is CCCNC(=O)C(CC)N(Cc1ccccc1)C(=O)CN(c1ccccc1CC)S(C)(=O)=O. The Balaban J connectivity index is 2.43. The van der Waals surface area contributed by atoms with Crippen LogP contribution in [0.2, 0.25) is 0 Å². The quantitative estimate of drug-likeness (QED) is 0.512. The highest BCUT2D eigenvalue weighted by Crippen LogP contribution is 2.24. The minimum absolute atomic E-state index is 0.213. The fourth-order valence-electron chi connectivity index (χ4n) is 3.71. The predicted molar refractivity (Wildman–Crippen MR) is 132 cm³/mol. The van der Waals surface area contributed by atoms with Crippen LogP contribution in [-0.2, 0) is 32.6 Å². The van der Waals surface area contributed by atoms with Gasteiger partial charge < -0.3 is 10.2 Å². The van der Waals surface area contributed by atoms with Gasteiger partial charge in [0.15, 0.2) is 0 Å². The second-order valence-electron chi connectivity index (χ2n) is 7.97. The Hall–Kier alpha value is -2.87. The third-order valence-electron chi connectivity index (χ3n) is 5.45. The summed E-state index contributed by atoms with van der Waals surface area (Å²) in [7, 11) is -3.73. The van der Waals surface area contributed by atoms with Gasteiger partial charge in [-0.2, -0.15) is 0 Å². The number of rotatable bonds is 12. The first-order valence-electron chi connectivity index (χ1n) is 11.4. The van der Waals surface area contributed by atoms with Crippen LogP contribution in [0.4, 0.5) is 5.69 Å². The van der Waals surface area contributed by atoms with Crippen LogP contribution < -0.4 is 9.62 Å². The van der Waals surface area contributed by atoms with E-state index in [1.807, 2.05) is 63.2 Å². The smallest absolute Gasteiger partial charge is 0.244 e. The average molecular weight is 474 g/mol. The topological polar surface area (TPSA) is 86.8 Å². The zero-order valence-electron chi connectivity index (χ0n) is 20.0. The van der Waals surface area contributed by atoms with Crippen LogP contribution >= 0.6 is 0 Å². The van der Waals surface area contributed by atoms with E-state index in [0.29, 0.717) is 25.1 Å². The summed E-state index contributed by atoms with van der Waals surface area (Å²) < 4.78 is 26.6. The Morgan fingerprint density at radius 3 is 2.18 bits per heavy atom. The second-order valence-corrected chi connectivity index (χ2v) is 9.88. The first kappa shape index (κ1) is 26.4. The zero-order valence-corrected chi connectivity index (χ0v) is 20.8. The van der Waals surface area contributed by atoms with E-state index in [1.54, 1.807) is 12.1 Å².